The fourth-order valence-corrected chi connectivity index (χ4v) is 4.61. The van der Waals surface area contributed by atoms with Gasteiger partial charge in [0.1, 0.15) is 28.8 Å². The van der Waals surface area contributed by atoms with Crippen LogP contribution in [-0.2, 0) is 21.2 Å². The van der Waals surface area contributed by atoms with Crippen molar-refractivity contribution in [2.75, 3.05) is 32.7 Å². The third-order valence-corrected chi connectivity index (χ3v) is 7.41. The van der Waals surface area contributed by atoms with Crippen molar-refractivity contribution in [2.45, 2.75) is 31.4 Å². The summed E-state index contributed by atoms with van der Waals surface area (Å²) in [7, 11) is 0.641. The number of sulfonamides is 1. The zero-order valence-electron chi connectivity index (χ0n) is 19.5. The van der Waals surface area contributed by atoms with Gasteiger partial charge in [0.15, 0.2) is 0 Å². The van der Waals surface area contributed by atoms with Gasteiger partial charge < -0.3 is 14.2 Å². The molecule has 0 radical (unpaired) electrons. The normalized spacial score (nSPS) is 13.4. The first-order valence-electron chi connectivity index (χ1n) is 10.4. The largest absolute Gasteiger partial charge is 0.494 e. The summed E-state index contributed by atoms with van der Waals surface area (Å²) in [6, 6.07) is 5.23. The van der Waals surface area contributed by atoms with Crippen molar-refractivity contribution in [1.82, 2.24) is 24.7 Å². The van der Waals surface area contributed by atoms with Gasteiger partial charge in [-0.3, -0.25) is 9.29 Å². The minimum absolute atomic E-state index is 0.00928. The number of benzene rings is 1. The van der Waals surface area contributed by atoms with Gasteiger partial charge in [-0.05, 0) is 19.1 Å². The lowest BCUT2D eigenvalue weighted by Crippen LogP contribution is -2.31. The van der Waals surface area contributed by atoms with Gasteiger partial charge in [0, 0.05) is 31.8 Å². The number of nitrogens with one attached hydrogen (secondary N) is 1. The molecule has 0 saturated carbocycles. The summed E-state index contributed by atoms with van der Waals surface area (Å²) >= 11 is 5.85. The van der Waals surface area contributed by atoms with E-state index < -0.39 is 21.2 Å². The lowest BCUT2D eigenvalue weighted by Gasteiger charge is -2.21. The average molecular weight is 511 g/mol. The van der Waals surface area contributed by atoms with Gasteiger partial charge in [-0.1, -0.05) is 24.6 Å². The molecule has 1 aromatic carbocycles. The van der Waals surface area contributed by atoms with Crippen molar-refractivity contribution in [2.24, 2.45) is 0 Å². The Bertz CT molecular complexity index is 1200. The van der Waals surface area contributed by atoms with Crippen molar-refractivity contribution in [3.63, 3.8) is 0 Å². The molecule has 0 aliphatic heterocycles. The molecule has 1 N–H and O–H groups in total. The summed E-state index contributed by atoms with van der Waals surface area (Å²) in [6.45, 7) is 3.65. The van der Waals surface area contributed by atoms with E-state index in [0.29, 0.717) is 46.9 Å². The summed E-state index contributed by atoms with van der Waals surface area (Å²) in [5, 5.41) is 7.77. The molecule has 0 unspecified atom stereocenters. The van der Waals surface area contributed by atoms with Crippen molar-refractivity contribution in [1.29, 1.82) is 0 Å². The van der Waals surface area contributed by atoms with Gasteiger partial charge in [0.05, 0.1) is 31.1 Å². The maximum absolute atomic E-state index is 13.3. The van der Waals surface area contributed by atoms with Crippen molar-refractivity contribution >= 4 is 27.6 Å². The molecule has 11 nitrogen and oxygen atoms in total. The van der Waals surface area contributed by atoms with Gasteiger partial charge in [-0.25, -0.2) is 18.4 Å². The van der Waals surface area contributed by atoms with Crippen molar-refractivity contribution in [3.05, 3.63) is 47.3 Å². The molecule has 184 valence electrons. The number of ether oxygens (including phenoxy) is 3. The van der Waals surface area contributed by atoms with Crippen LogP contribution in [0.5, 0.6) is 11.5 Å². The number of methoxy groups -OCH3 is 3. The molecular formula is C21H27ClN6O5S. The Labute approximate surface area is 203 Å². The second kappa shape index (κ2) is 11.0. The van der Waals surface area contributed by atoms with E-state index in [1.54, 1.807) is 43.7 Å². The van der Waals surface area contributed by atoms with Crippen molar-refractivity contribution in [3.8, 4) is 17.2 Å². The molecule has 0 bridgehead atoms. The molecule has 2 heterocycles. The maximum Gasteiger partial charge on any atom is 0.243 e. The van der Waals surface area contributed by atoms with E-state index in [0.717, 1.165) is 0 Å². The quantitative estimate of drug-likeness (QED) is 0.413. The summed E-state index contributed by atoms with van der Waals surface area (Å²) in [5.74, 6) is 1.19. The Hall–Kier alpha value is -2.96. The number of halogens is 1. The van der Waals surface area contributed by atoms with Crippen LogP contribution >= 0.6 is 11.6 Å². The van der Waals surface area contributed by atoms with Crippen LogP contribution in [0.1, 0.15) is 31.4 Å². The smallest absolute Gasteiger partial charge is 0.243 e. The molecule has 13 heteroatoms. The molecule has 0 amide bonds. The minimum atomic E-state index is -3.95. The Morgan fingerprint density at radius 1 is 1.06 bits per heavy atom. The fraction of sp³-hybridized carbons (Fsp3) is 0.429. The van der Waals surface area contributed by atoms with Gasteiger partial charge in [0.2, 0.25) is 16.0 Å². The minimum Gasteiger partial charge on any atom is -0.494 e. The Morgan fingerprint density at radius 2 is 1.68 bits per heavy atom. The highest BCUT2D eigenvalue weighted by molar-refractivity contribution is 7.93. The van der Waals surface area contributed by atoms with Crippen LogP contribution < -0.4 is 14.2 Å². The highest BCUT2D eigenvalue weighted by Crippen LogP contribution is 2.35. The lowest BCUT2D eigenvalue weighted by atomic mass is 10.1. The predicted octanol–water partition coefficient (Wildman–Crippen LogP) is 2.85. The number of hydrogen-bond acceptors (Lipinski definition) is 9. The topological polar surface area (TPSA) is 130 Å². The molecule has 0 aliphatic carbocycles. The highest BCUT2D eigenvalue weighted by Gasteiger charge is 2.32. The van der Waals surface area contributed by atoms with E-state index in [2.05, 4.69) is 24.9 Å². The lowest BCUT2D eigenvalue weighted by molar-refractivity contribution is 0.200. The van der Waals surface area contributed by atoms with Crippen LogP contribution in [-0.4, -0.2) is 66.3 Å². The van der Waals surface area contributed by atoms with Crippen molar-refractivity contribution < 1.29 is 22.6 Å². The van der Waals surface area contributed by atoms with Crippen LogP contribution in [0.4, 0.5) is 5.95 Å². The SMILES string of the molecule is COCCc1nnc(NS(=O)(=O)[C@@H](C)[C@H](C)c2ncc(Cl)cn2)n1-c1c(OC)cccc1OC. The first-order valence-corrected chi connectivity index (χ1v) is 12.3. The fourth-order valence-electron chi connectivity index (χ4n) is 3.28. The van der Waals surface area contributed by atoms with Gasteiger partial charge in [-0.2, -0.15) is 0 Å². The van der Waals surface area contributed by atoms with E-state index in [1.807, 2.05) is 0 Å². The molecular weight excluding hydrogens is 484 g/mol. The van der Waals surface area contributed by atoms with E-state index >= 15 is 0 Å². The van der Waals surface area contributed by atoms with E-state index in [9.17, 15) is 8.42 Å². The summed E-state index contributed by atoms with van der Waals surface area (Å²) < 4.78 is 47.0. The van der Waals surface area contributed by atoms with Crippen LogP contribution in [0, 0.1) is 0 Å². The van der Waals surface area contributed by atoms with E-state index in [-0.39, 0.29) is 5.95 Å². The standard InChI is InChI=1S/C21H27ClN6O5S/c1-13(20-23-11-15(22)12-24-20)14(2)34(29,30)27-21-26-25-18(9-10-31-3)28(21)19-16(32-4)7-6-8-17(19)33-5/h6-8,11-14H,9-10H2,1-5H3,(H,26,27)/t13-,14-/m0/s1. The molecule has 34 heavy (non-hydrogen) atoms. The zero-order valence-corrected chi connectivity index (χ0v) is 21.1. The molecule has 0 aliphatic rings. The molecule has 3 rings (SSSR count). The summed E-state index contributed by atoms with van der Waals surface area (Å²) in [5.41, 5.74) is 0.461. The first-order chi connectivity index (χ1) is 16.2. The number of hydrogen-bond donors (Lipinski definition) is 1. The molecule has 0 saturated heterocycles. The number of aromatic nitrogens is 5. The van der Waals surface area contributed by atoms with Crippen LogP contribution in [0.2, 0.25) is 5.02 Å². The second-order valence-electron chi connectivity index (χ2n) is 7.43. The summed E-state index contributed by atoms with van der Waals surface area (Å²) in [6.07, 6.45) is 3.23. The monoisotopic (exact) mass is 510 g/mol. The Morgan fingerprint density at radius 3 is 2.24 bits per heavy atom. The summed E-state index contributed by atoms with van der Waals surface area (Å²) in [4.78, 5) is 8.31. The van der Waals surface area contributed by atoms with Gasteiger partial charge >= 0.3 is 0 Å². The van der Waals surface area contributed by atoms with E-state index in [1.165, 1.54) is 26.6 Å². The Kier molecular flexibility index (Phi) is 8.28. The zero-order chi connectivity index (χ0) is 24.9. The van der Waals surface area contributed by atoms with Gasteiger partial charge in [-0.15, -0.1) is 10.2 Å². The molecule has 0 spiro atoms. The number of para-hydroxylation sites is 1. The number of anilines is 1. The average Bonchev–Trinajstić information content (AvgIpc) is 3.22. The molecule has 0 fully saturated rings. The second-order valence-corrected chi connectivity index (χ2v) is 9.90. The molecule has 2 aromatic heterocycles. The predicted molar refractivity (Wildman–Crippen MR) is 128 cm³/mol. The number of nitrogens with zero attached hydrogens (tertiary/aromatic N) is 5. The Balaban J connectivity index is 2.04. The van der Waals surface area contributed by atoms with Gasteiger partial charge in [0.25, 0.3) is 0 Å². The van der Waals surface area contributed by atoms with Crippen LogP contribution in [0.25, 0.3) is 5.69 Å². The number of rotatable bonds is 11. The first kappa shape index (κ1) is 25.7. The van der Waals surface area contributed by atoms with Crippen LogP contribution in [0.15, 0.2) is 30.6 Å². The third-order valence-electron chi connectivity index (χ3n) is 5.36. The molecule has 3 aromatic rings. The van der Waals surface area contributed by atoms with E-state index in [4.69, 9.17) is 25.8 Å². The molecule has 2 atom stereocenters. The highest BCUT2D eigenvalue weighted by atomic mass is 35.5. The van der Waals surface area contributed by atoms with Crippen LogP contribution in [0.3, 0.4) is 0 Å². The third kappa shape index (κ3) is 5.40. The maximum atomic E-state index is 13.3.